The van der Waals surface area contributed by atoms with Gasteiger partial charge in [-0.25, -0.2) is 9.79 Å². The average Bonchev–Trinajstić information content (AvgIpc) is 3.03. The zero-order valence-electron chi connectivity index (χ0n) is 17.8. The van der Waals surface area contributed by atoms with Crippen molar-refractivity contribution in [2.75, 3.05) is 13.7 Å². The molecule has 0 saturated heterocycles. The third-order valence-corrected chi connectivity index (χ3v) is 5.69. The maximum atomic E-state index is 12.7. The third kappa shape index (κ3) is 4.88. The zero-order chi connectivity index (χ0) is 22.5. The smallest absolute Gasteiger partial charge is 0.344 e. The number of nitrogens with zero attached hydrogens (tertiary/aromatic N) is 1. The number of aryl methyl sites for hydroxylation is 2. The molecule has 0 unspecified atom stereocenters. The maximum absolute atomic E-state index is 12.7. The fourth-order valence-electron chi connectivity index (χ4n) is 3.10. The SMILES string of the molecule is CCOC(=O)C1=C(O)/C(=C\c2ccc(OC)c(C)c2)SC1=NC(=O)c1ccccc1C. The number of rotatable bonds is 5. The van der Waals surface area contributed by atoms with E-state index in [0.717, 1.165) is 34.2 Å². The van der Waals surface area contributed by atoms with E-state index in [1.165, 1.54) is 0 Å². The normalized spacial score (nSPS) is 16.1. The van der Waals surface area contributed by atoms with Gasteiger partial charge in [-0.1, -0.05) is 36.0 Å². The molecule has 6 nitrogen and oxygen atoms in total. The molecule has 3 rings (SSSR count). The first-order valence-corrected chi connectivity index (χ1v) is 10.5. The minimum Gasteiger partial charge on any atom is -0.506 e. The molecule has 0 fully saturated rings. The van der Waals surface area contributed by atoms with Crippen molar-refractivity contribution >= 4 is 34.8 Å². The average molecular weight is 438 g/mol. The molecule has 0 atom stereocenters. The molecule has 31 heavy (non-hydrogen) atoms. The molecule has 1 aliphatic heterocycles. The summed E-state index contributed by atoms with van der Waals surface area (Å²) in [7, 11) is 1.60. The number of ether oxygens (including phenoxy) is 2. The van der Waals surface area contributed by atoms with Crippen LogP contribution in [0.15, 0.2) is 63.7 Å². The number of amides is 1. The van der Waals surface area contributed by atoms with Crippen molar-refractivity contribution in [3.8, 4) is 5.75 Å². The quantitative estimate of drug-likeness (QED) is 0.662. The molecule has 0 radical (unpaired) electrons. The first kappa shape index (κ1) is 22.4. The highest BCUT2D eigenvalue weighted by Gasteiger charge is 2.34. The minimum absolute atomic E-state index is 0.106. The molecule has 160 valence electrons. The van der Waals surface area contributed by atoms with E-state index in [4.69, 9.17) is 9.47 Å². The van der Waals surface area contributed by atoms with Gasteiger partial charge in [0.05, 0.1) is 18.6 Å². The highest BCUT2D eigenvalue weighted by atomic mass is 32.2. The summed E-state index contributed by atoms with van der Waals surface area (Å²) < 4.78 is 10.4. The van der Waals surface area contributed by atoms with Gasteiger partial charge in [-0.05, 0) is 61.7 Å². The lowest BCUT2D eigenvalue weighted by Crippen LogP contribution is -2.14. The molecular formula is C24H23NO5S. The highest BCUT2D eigenvalue weighted by molar-refractivity contribution is 8.18. The Morgan fingerprint density at radius 3 is 2.52 bits per heavy atom. The Morgan fingerprint density at radius 2 is 1.87 bits per heavy atom. The van der Waals surface area contributed by atoms with Gasteiger partial charge in [0.2, 0.25) is 0 Å². The van der Waals surface area contributed by atoms with Crippen molar-refractivity contribution in [1.29, 1.82) is 0 Å². The van der Waals surface area contributed by atoms with Crippen molar-refractivity contribution in [3.63, 3.8) is 0 Å². The van der Waals surface area contributed by atoms with Crippen LogP contribution in [0.5, 0.6) is 5.75 Å². The van der Waals surface area contributed by atoms with Crippen LogP contribution in [0.25, 0.3) is 6.08 Å². The molecule has 0 saturated carbocycles. The van der Waals surface area contributed by atoms with Crippen LogP contribution in [0.1, 0.15) is 34.0 Å². The molecule has 0 aliphatic carbocycles. The summed E-state index contributed by atoms with van der Waals surface area (Å²) in [6.07, 6.45) is 1.73. The zero-order valence-corrected chi connectivity index (χ0v) is 18.6. The molecule has 1 amide bonds. The molecule has 1 aliphatic rings. The number of aliphatic hydroxyl groups excluding tert-OH is 1. The molecular weight excluding hydrogens is 414 g/mol. The minimum atomic E-state index is -0.724. The van der Waals surface area contributed by atoms with Crippen molar-refractivity contribution in [1.82, 2.24) is 0 Å². The first-order valence-electron chi connectivity index (χ1n) is 9.69. The molecule has 1 N–H and O–H groups in total. The summed E-state index contributed by atoms with van der Waals surface area (Å²) in [5, 5.41) is 10.9. The van der Waals surface area contributed by atoms with Crippen LogP contribution < -0.4 is 4.74 Å². The number of carbonyl (C=O) groups is 2. The first-order chi connectivity index (χ1) is 14.8. The summed E-state index contributed by atoms with van der Waals surface area (Å²) in [5.74, 6) is -0.720. The molecule has 1 heterocycles. The Kier molecular flexibility index (Phi) is 6.97. The molecule has 0 aromatic heterocycles. The number of hydrogen-bond donors (Lipinski definition) is 1. The summed E-state index contributed by atoms with van der Waals surface area (Å²) in [6, 6.07) is 12.6. The second-order valence-corrected chi connectivity index (χ2v) is 7.85. The van der Waals surface area contributed by atoms with E-state index in [1.807, 2.05) is 44.2 Å². The van der Waals surface area contributed by atoms with E-state index in [1.54, 1.807) is 32.2 Å². The Labute approximate surface area is 185 Å². The van der Waals surface area contributed by atoms with E-state index >= 15 is 0 Å². The van der Waals surface area contributed by atoms with Gasteiger partial charge < -0.3 is 14.6 Å². The van der Waals surface area contributed by atoms with Crippen LogP contribution in [0.3, 0.4) is 0 Å². The molecule has 2 aromatic rings. The Hall–Kier alpha value is -3.32. The fraction of sp³-hybridized carbons (Fsp3) is 0.208. The molecule has 2 aromatic carbocycles. The van der Waals surface area contributed by atoms with Gasteiger partial charge in [0.1, 0.15) is 22.1 Å². The number of thioether (sulfide) groups is 1. The summed E-state index contributed by atoms with van der Waals surface area (Å²) in [5.41, 5.74) is 2.83. The van der Waals surface area contributed by atoms with Crippen LogP contribution in [0.4, 0.5) is 0 Å². The number of methoxy groups -OCH3 is 1. The van der Waals surface area contributed by atoms with Gasteiger partial charge in [-0.3, -0.25) is 4.79 Å². The van der Waals surface area contributed by atoms with E-state index in [2.05, 4.69) is 4.99 Å². The van der Waals surface area contributed by atoms with Gasteiger partial charge in [-0.15, -0.1) is 0 Å². The van der Waals surface area contributed by atoms with Crippen molar-refractivity contribution < 1.29 is 24.2 Å². The number of aliphatic imine (C=N–C) groups is 1. The third-order valence-electron chi connectivity index (χ3n) is 4.67. The van der Waals surface area contributed by atoms with Gasteiger partial charge in [-0.2, -0.15) is 0 Å². The summed E-state index contributed by atoms with van der Waals surface area (Å²) >= 11 is 1.05. The summed E-state index contributed by atoms with van der Waals surface area (Å²) in [6.45, 7) is 5.53. The van der Waals surface area contributed by atoms with Crippen LogP contribution in [0.2, 0.25) is 0 Å². The Bertz CT molecular complexity index is 1130. The van der Waals surface area contributed by atoms with Gasteiger partial charge >= 0.3 is 5.97 Å². The number of aliphatic hydroxyl groups is 1. The van der Waals surface area contributed by atoms with Gasteiger partial charge in [0, 0.05) is 5.56 Å². The predicted octanol–water partition coefficient (Wildman–Crippen LogP) is 5.01. The standard InChI is InChI=1S/C24H23NO5S/c1-5-30-24(28)20-21(26)19(13-16-10-11-18(29-4)15(3)12-16)31-23(20)25-22(27)17-9-7-6-8-14(17)2/h6-13,26H,5H2,1-4H3/b19-13+,25-23?. The van der Waals surface area contributed by atoms with E-state index in [0.29, 0.717) is 10.5 Å². The molecule has 0 spiro atoms. The fourth-order valence-corrected chi connectivity index (χ4v) is 4.11. The van der Waals surface area contributed by atoms with Gasteiger partial charge in [0.15, 0.2) is 0 Å². The second-order valence-electron chi connectivity index (χ2n) is 6.82. The van der Waals surface area contributed by atoms with E-state index < -0.39 is 11.9 Å². The number of carbonyl (C=O) groups excluding carboxylic acids is 2. The number of esters is 1. The van der Waals surface area contributed by atoms with Gasteiger partial charge in [0.25, 0.3) is 5.91 Å². The monoisotopic (exact) mass is 437 g/mol. The number of benzene rings is 2. The lowest BCUT2D eigenvalue weighted by atomic mass is 10.1. The van der Waals surface area contributed by atoms with Crippen molar-refractivity contribution in [3.05, 3.63) is 81.0 Å². The topological polar surface area (TPSA) is 85.2 Å². The summed E-state index contributed by atoms with van der Waals surface area (Å²) in [4.78, 5) is 29.8. The number of hydrogen-bond acceptors (Lipinski definition) is 6. The molecule has 7 heteroatoms. The largest absolute Gasteiger partial charge is 0.506 e. The van der Waals surface area contributed by atoms with Crippen molar-refractivity contribution in [2.24, 2.45) is 4.99 Å². The van der Waals surface area contributed by atoms with Crippen LogP contribution in [-0.2, 0) is 9.53 Å². The maximum Gasteiger partial charge on any atom is 0.344 e. The van der Waals surface area contributed by atoms with Crippen LogP contribution in [-0.4, -0.2) is 35.7 Å². The Balaban J connectivity index is 2.03. The van der Waals surface area contributed by atoms with Crippen LogP contribution >= 0.6 is 11.8 Å². The lowest BCUT2D eigenvalue weighted by molar-refractivity contribution is -0.138. The van der Waals surface area contributed by atoms with Crippen molar-refractivity contribution in [2.45, 2.75) is 20.8 Å². The highest BCUT2D eigenvalue weighted by Crippen LogP contribution is 2.39. The molecule has 0 bridgehead atoms. The van der Waals surface area contributed by atoms with Crippen LogP contribution in [0, 0.1) is 13.8 Å². The predicted molar refractivity (Wildman–Crippen MR) is 123 cm³/mol. The lowest BCUT2D eigenvalue weighted by Gasteiger charge is -2.05. The second kappa shape index (κ2) is 9.66. The van der Waals surface area contributed by atoms with E-state index in [9.17, 15) is 14.7 Å². The Morgan fingerprint density at radius 1 is 1.13 bits per heavy atom. The van der Waals surface area contributed by atoms with E-state index in [-0.39, 0.29) is 23.0 Å².